The van der Waals surface area contributed by atoms with Crippen molar-refractivity contribution < 1.29 is 17.6 Å². The Hall–Kier alpha value is -1.47. The third-order valence-electron chi connectivity index (χ3n) is 5.14. The first-order valence-electron chi connectivity index (χ1n) is 8.33. The van der Waals surface area contributed by atoms with E-state index in [0.29, 0.717) is 19.4 Å². The van der Waals surface area contributed by atoms with Crippen LogP contribution in [0.4, 0.5) is 4.39 Å². The minimum absolute atomic E-state index is 0.0523. The van der Waals surface area contributed by atoms with Crippen molar-refractivity contribution in [2.24, 2.45) is 5.41 Å². The van der Waals surface area contributed by atoms with Crippen LogP contribution in [0.2, 0.25) is 0 Å². The van der Waals surface area contributed by atoms with Gasteiger partial charge in [-0.1, -0.05) is 6.07 Å². The quantitative estimate of drug-likeness (QED) is 0.836. The summed E-state index contributed by atoms with van der Waals surface area (Å²) in [7, 11) is -3.78. The third-order valence-corrected chi connectivity index (χ3v) is 6.99. The van der Waals surface area contributed by atoms with Gasteiger partial charge in [-0.15, -0.1) is 0 Å². The number of likely N-dealkylation sites (tertiary alicyclic amines) is 1. The number of rotatable bonds is 3. The van der Waals surface area contributed by atoms with Crippen LogP contribution in [-0.4, -0.2) is 49.2 Å². The lowest BCUT2D eigenvalue weighted by molar-refractivity contribution is -0.147. The number of halogens is 1. The first kappa shape index (κ1) is 17.4. The van der Waals surface area contributed by atoms with Gasteiger partial charge in [-0.2, -0.15) is 4.31 Å². The molecule has 2 aliphatic heterocycles. The van der Waals surface area contributed by atoms with E-state index in [1.807, 2.05) is 18.7 Å². The van der Waals surface area contributed by atoms with Crippen molar-refractivity contribution in [1.82, 2.24) is 9.21 Å². The molecule has 2 fully saturated rings. The Balaban J connectivity index is 1.86. The minimum atomic E-state index is -3.78. The zero-order valence-corrected chi connectivity index (χ0v) is 14.9. The molecule has 2 aliphatic rings. The Kier molecular flexibility index (Phi) is 4.42. The SMILES string of the molecule is CC(C)N1CCC[C@@]2(CCN(S(=O)(=O)c3cccc(F)c3)C2)C1=O. The zero-order valence-electron chi connectivity index (χ0n) is 14.0. The molecule has 1 spiro atoms. The van der Waals surface area contributed by atoms with Gasteiger partial charge in [-0.3, -0.25) is 4.79 Å². The summed E-state index contributed by atoms with van der Waals surface area (Å²) >= 11 is 0. The monoisotopic (exact) mass is 354 g/mol. The van der Waals surface area contributed by atoms with Crippen LogP contribution in [0, 0.1) is 11.2 Å². The molecule has 1 aromatic rings. The van der Waals surface area contributed by atoms with Crippen LogP contribution in [0.15, 0.2) is 29.2 Å². The van der Waals surface area contributed by atoms with Crippen molar-refractivity contribution in [3.63, 3.8) is 0 Å². The van der Waals surface area contributed by atoms with Gasteiger partial charge < -0.3 is 4.90 Å². The average Bonchev–Trinajstić information content (AvgIpc) is 2.96. The van der Waals surface area contributed by atoms with Crippen molar-refractivity contribution >= 4 is 15.9 Å². The summed E-state index contributed by atoms with van der Waals surface area (Å²) in [6.07, 6.45) is 2.13. The van der Waals surface area contributed by atoms with Crippen LogP contribution in [0.1, 0.15) is 33.1 Å². The topological polar surface area (TPSA) is 57.7 Å². The van der Waals surface area contributed by atoms with Gasteiger partial charge in [0.1, 0.15) is 5.82 Å². The van der Waals surface area contributed by atoms with Crippen LogP contribution in [0.25, 0.3) is 0 Å². The van der Waals surface area contributed by atoms with E-state index in [9.17, 15) is 17.6 Å². The molecule has 5 nitrogen and oxygen atoms in total. The van der Waals surface area contributed by atoms with Gasteiger partial charge >= 0.3 is 0 Å². The van der Waals surface area contributed by atoms with Gasteiger partial charge in [0.25, 0.3) is 0 Å². The number of carbonyl (C=O) groups excluding carboxylic acids is 1. The summed E-state index contributed by atoms with van der Waals surface area (Å²) < 4.78 is 40.3. The predicted molar refractivity (Wildman–Crippen MR) is 88.3 cm³/mol. The second-order valence-corrected chi connectivity index (χ2v) is 8.96. The molecule has 0 radical (unpaired) electrons. The van der Waals surface area contributed by atoms with E-state index in [0.717, 1.165) is 19.0 Å². The Morgan fingerprint density at radius 2 is 1.96 bits per heavy atom. The number of benzene rings is 1. The smallest absolute Gasteiger partial charge is 0.243 e. The first-order chi connectivity index (χ1) is 11.3. The number of amides is 1. The number of hydrogen-bond acceptors (Lipinski definition) is 3. The molecule has 2 saturated heterocycles. The summed E-state index contributed by atoms with van der Waals surface area (Å²) in [4.78, 5) is 14.7. The molecular weight excluding hydrogens is 331 g/mol. The molecule has 1 aromatic carbocycles. The van der Waals surface area contributed by atoms with Gasteiger partial charge in [-0.05, 0) is 51.3 Å². The fourth-order valence-electron chi connectivity index (χ4n) is 3.79. The van der Waals surface area contributed by atoms with E-state index in [1.165, 1.54) is 22.5 Å². The maximum absolute atomic E-state index is 13.4. The minimum Gasteiger partial charge on any atom is -0.340 e. The fraction of sp³-hybridized carbons (Fsp3) is 0.588. The van der Waals surface area contributed by atoms with Crippen molar-refractivity contribution in [3.8, 4) is 0 Å². The number of nitrogens with zero attached hydrogens (tertiary/aromatic N) is 2. The Morgan fingerprint density at radius 3 is 2.62 bits per heavy atom. The highest BCUT2D eigenvalue weighted by Gasteiger charge is 2.51. The van der Waals surface area contributed by atoms with Gasteiger partial charge in [0.15, 0.2) is 0 Å². The van der Waals surface area contributed by atoms with Crippen LogP contribution in [-0.2, 0) is 14.8 Å². The van der Waals surface area contributed by atoms with Crippen molar-refractivity contribution in [2.75, 3.05) is 19.6 Å². The van der Waals surface area contributed by atoms with Gasteiger partial charge in [0.2, 0.25) is 15.9 Å². The van der Waals surface area contributed by atoms with E-state index in [-0.39, 0.29) is 23.4 Å². The highest BCUT2D eigenvalue weighted by molar-refractivity contribution is 7.89. The number of hydrogen-bond donors (Lipinski definition) is 0. The lowest BCUT2D eigenvalue weighted by atomic mass is 9.78. The lowest BCUT2D eigenvalue weighted by Crippen LogP contribution is -2.52. The first-order valence-corrected chi connectivity index (χ1v) is 9.77. The van der Waals surface area contributed by atoms with E-state index >= 15 is 0 Å². The molecule has 1 amide bonds. The molecule has 2 heterocycles. The van der Waals surface area contributed by atoms with Gasteiger partial charge in [-0.25, -0.2) is 12.8 Å². The largest absolute Gasteiger partial charge is 0.340 e. The van der Waals surface area contributed by atoms with E-state index < -0.39 is 21.3 Å². The normalized spacial score (nSPS) is 25.8. The molecule has 7 heteroatoms. The van der Waals surface area contributed by atoms with Gasteiger partial charge in [0.05, 0.1) is 10.3 Å². The molecule has 1 atom stereocenters. The molecule has 0 N–H and O–H groups in total. The molecule has 0 aliphatic carbocycles. The predicted octanol–water partition coefficient (Wildman–Crippen LogP) is 2.24. The zero-order chi connectivity index (χ0) is 17.5. The fourth-order valence-corrected chi connectivity index (χ4v) is 5.35. The standard InChI is InChI=1S/C17H23FN2O3S/c1-13(2)20-9-4-7-17(16(20)21)8-10-19(12-17)24(22,23)15-6-3-5-14(18)11-15/h3,5-6,11,13H,4,7-10,12H2,1-2H3/t17-/m0/s1. The van der Waals surface area contributed by atoms with Crippen LogP contribution >= 0.6 is 0 Å². The molecule has 3 rings (SSSR count). The summed E-state index contributed by atoms with van der Waals surface area (Å²) in [5.41, 5.74) is -0.622. The molecule has 24 heavy (non-hydrogen) atoms. The second-order valence-electron chi connectivity index (χ2n) is 7.02. The van der Waals surface area contributed by atoms with Crippen LogP contribution in [0.3, 0.4) is 0 Å². The molecule has 0 saturated carbocycles. The van der Waals surface area contributed by atoms with E-state index in [2.05, 4.69) is 0 Å². The summed E-state index contributed by atoms with van der Waals surface area (Å²) in [5.74, 6) is -0.523. The Morgan fingerprint density at radius 1 is 1.21 bits per heavy atom. The molecule has 132 valence electrons. The average molecular weight is 354 g/mol. The molecular formula is C17H23FN2O3S. The second kappa shape index (κ2) is 6.11. The summed E-state index contributed by atoms with van der Waals surface area (Å²) in [6.45, 7) is 5.18. The third kappa shape index (κ3) is 2.84. The van der Waals surface area contributed by atoms with E-state index in [1.54, 1.807) is 0 Å². The number of sulfonamides is 1. The van der Waals surface area contributed by atoms with Crippen LogP contribution < -0.4 is 0 Å². The molecule has 0 unspecified atom stereocenters. The lowest BCUT2D eigenvalue weighted by Gasteiger charge is -2.41. The molecule has 0 bridgehead atoms. The van der Waals surface area contributed by atoms with Crippen molar-refractivity contribution in [2.45, 2.75) is 44.0 Å². The number of carbonyl (C=O) groups is 1. The summed E-state index contributed by atoms with van der Waals surface area (Å²) in [5, 5.41) is 0. The highest BCUT2D eigenvalue weighted by atomic mass is 32.2. The van der Waals surface area contributed by atoms with Crippen molar-refractivity contribution in [1.29, 1.82) is 0 Å². The summed E-state index contributed by atoms with van der Waals surface area (Å²) in [6, 6.07) is 5.15. The van der Waals surface area contributed by atoms with E-state index in [4.69, 9.17) is 0 Å². The van der Waals surface area contributed by atoms with Gasteiger partial charge in [0, 0.05) is 25.7 Å². The van der Waals surface area contributed by atoms with Crippen molar-refractivity contribution in [3.05, 3.63) is 30.1 Å². The maximum atomic E-state index is 13.4. The van der Waals surface area contributed by atoms with Crippen LogP contribution in [0.5, 0.6) is 0 Å². The number of piperidine rings is 1. The highest BCUT2D eigenvalue weighted by Crippen LogP contribution is 2.42. The maximum Gasteiger partial charge on any atom is 0.243 e. The Labute approximate surface area is 142 Å². The Bertz CT molecular complexity index is 750. The molecule has 0 aromatic heterocycles.